The van der Waals surface area contributed by atoms with Crippen molar-refractivity contribution >= 4 is 38.4 Å². The Morgan fingerprint density at radius 1 is 1.45 bits per heavy atom. The van der Waals surface area contributed by atoms with Crippen LogP contribution in [-0.2, 0) is 6.42 Å². The first-order valence-electron chi connectivity index (χ1n) is 7.24. The van der Waals surface area contributed by atoms with Crippen LogP contribution in [-0.4, -0.2) is 34.8 Å². The van der Waals surface area contributed by atoms with Crippen molar-refractivity contribution in [1.29, 1.82) is 0 Å². The highest BCUT2D eigenvalue weighted by Crippen LogP contribution is 2.46. The van der Waals surface area contributed by atoms with E-state index < -0.39 is 0 Å². The Hall–Kier alpha value is -0.510. The predicted octanol–water partition coefficient (Wildman–Crippen LogP) is 4.18. The molecule has 1 N–H and O–H groups in total. The highest BCUT2D eigenvalue weighted by Gasteiger charge is 2.39. The van der Waals surface area contributed by atoms with Gasteiger partial charge in [-0.3, -0.25) is 0 Å². The third-order valence-electron chi connectivity index (χ3n) is 5.10. The highest BCUT2D eigenvalue weighted by atomic mass is 79.9. The molecule has 106 valence electrons. The van der Waals surface area contributed by atoms with Gasteiger partial charge >= 0.3 is 0 Å². The van der Waals surface area contributed by atoms with Crippen molar-refractivity contribution in [3.05, 3.63) is 34.5 Å². The van der Waals surface area contributed by atoms with Gasteiger partial charge in [0.1, 0.15) is 5.15 Å². The van der Waals surface area contributed by atoms with Gasteiger partial charge in [0.15, 0.2) is 0 Å². The van der Waals surface area contributed by atoms with Gasteiger partial charge in [-0.25, -0.2) is 0 Å². The van der Waals surface area contributed by atoms with Gasteiger partial charge in [-0.1, -0.05) is 39.7 Å². The van der Waals surface area contributed by atoms with E-state index in [1.165, 1.54) is 35.0 Å². The number of fused-ring (bicyclic) bond motifs is 2. The molecule has 0 radical (unpaired) electrons. The molecule has 2 aromatic rings. The number of benzene rings is 1. The van der Waals surface area contributed by atoms with Crippen LogP contribution in [0.4, 0.5) is 0 Å². The van der Waals surface area contributed by atoms with Crippen molar-refractivity contribution in [2.24, 2.45) is 5.92 Å². The van der Waals surface area contributed by atoms with E-state index in [2.05, 4.69) is 51.1 Å². The van der Waals surface area contributed by atoms with E-state index in [1.54, 1.807) is 0 Å². The highest BCUT2D eigenvalue weighted by molar-refractivity contribution is 9.09. The fraction of sp³-hybridized carbons (Fsp3) is 0.500. The number of alkyl halides is 1. The average molecular weight is 354 g/mol. The van der Waals surface area contributed by atoms with E-state index in [9.17, 15) is 0 Å². The quantitative estimate of drug-likeness (QED) is 0.762. The normalized spacial score (nSPS) is 29.6. The minimum atomic E-state index is 0.594. The standard InChI is InChI=1S/C16H18BrClN2/c1-20-8-9(7-17)5-11-10-3-2-4-13-15(10)12(6-14(11)20)16(18)19-13/h2-4,9,11,14,19H,5-8H2,1H3/t9?,11-,14-/m1/s1. The Kier molecular flexibility index (Phi) is 3.13. The number of nitrogens with zero attached hydrogens (tertiary/aromatic N) is 1. The molecule has 3 atom stereocenters. The SMILES string of the molecule is CN1CC(CBr)C[C@@H]2c3cccc4[nH]c(Cl)c(c34)C[C@H]21. The molecule has 2 nitrogen and oxygen atoms in total. The molecule has 1 aromatic carbocycles. The lowest BCUT2D eigenvalue weighted by molar-refractivity contribution is 0.122. The van der Waals surface area contributed by atoms with E-state index in [0.717, 1.165) is 22.8 Å². The minimum absolute atomic E-state index is 0.594. The maximum Gasteiger partial charge on any atom is 0.110 e. The molecule has 1 aliphatic carbocycles. The predicted molar refractivity (Wildman–Crippen MR) is 88.1 cm³/mol. The summed E-state index contributed by atoms with van der Waals surface area (Å²) in [6, 6.07) is 7.20. The van der Waals surface area contributed by atoms with Gasteiger partial charge in [0, 0.05) is 34.7 Å². The number of hydrogen-bond acceptors (Lipinski definition) is 1. The Morgan fingerprint density at radius 3 is 3.10 bits per heavy atom. The second kappa shape index (κ2) is 4.75. The van der Waals surface area contributed by atoms with Gasteiger partial charge in [-0.2, -0.15) is 0 Å². The summed E-state index contributed by atoms with van der Waals surface area (Å²) in [7, 11) is 2.26. The third-order valence-corrected chi connectivity index (χ3v) is 6.34. The molecule has 1 unspecified atom stereocenters. The van der Waals surface area contributed by atoms with Crippen LogP contribution < -0.4 is 0 Å². The molecule has 1 saturated heterocycles. The van der Waals surface area contributed by atoms with Crippen LogP contribution in [0.3, 0.4) is 0 Å². The molecular weight excluding hydrogens is 336 g/mol. The molecule has 0 spiro atoms. The van der Waals surface area contributed by atoms with Gasteiger partial charge in [-0.15, -0.1) is 0 Å². The van der Waals surface area contributed by atoms with Crippen LogP contribution in [0.15, 0.2) is 18.2 Å². The lowest BCUT2D eigenvalue weighted by Gasteiger charge is -2.45. The van der Waals surface area contributed by atoms with Crippen molar-refractivity contribution in [3.63, 3.8) is 0 Å². The van der Waals surface area contributed by atoms with Crippen molar-refractivity contribution < 1.29 is 0 Å². The van der Waals surface area contributed by atoms with Crippen LogP contribution in [0.25, 0.3) is 10.9 Å². The molecule has 4 heteroatoms. The van der Waals surface area contributed by atoms with Gasteiger partial charge in [-0.05, 0) is 43.0 Å². The maximum atomic E-state index is 6.43. The van der Waals surface area contributed by atoms with Gasteiger partial charge in [0.2, 0.25) is 0 Å². The topological polar surface area (TPSA) is 19.0 Å². The summed E-state index contributed by atoms with van der Waals surface area (Å²) in [6.07, 6.45) is 2.35. The Balaban J connectivity index is 1.89. The molecule has 20 heavy (non-hydrogen) atoms. The lowest BCUT2D eigenvalue weighted by Crippen LogP contribution is -2.48. The van der Waals surface area contributed by atoms with E-state index in [4.69, 9.17) is 11.6 Å². The molecular formula is C16H18BrClN2. The number of likely N-dealkylation sites (N-methyl/N-ethyl adjacent to an activating group) is 1. The third kappa shape index (κ3) is 1.79. The molecule has 0 amide bonds. The summed E-state index contributed by atoms with van der Waals surface area (Å²) in [5, 5.41) is 3.32. The molecule has 1 fully saturated rings. The number of H-pyrrole nitrogens is 1. The smallest absolute Gasteiger partial charge is 0.110 e. The van der Waals surface area contributed by atoms with E-state index in [-0.39, 0.29) is 0 Å². The number of aromatic amines is 1. The van der Waals surface area contributed by atoms with Crippen LogP contribution in [0.2, 0.25) is 5.15 Å². The Morgan fingerprint density at radius 2 is 2.30 bits per heavy atom. The molecule has 0 bridgehead atoms. The molecule has 1 aromatic heterocycles. The first kappa shape index (κ1) is 13.2. The number of hydrogen-bond donors (Lipinski definition) is 1. The number of piperidine rings is 1. The van der Waals surface area contributed by atoms with Crippen molar-refractivity contribution in [3.8, 4) is 0 Å². The summed E-state index contributed by atoms with van der Waals surface area (Å²) < 4.78 is 0. The number of rotatable bonds is 1. The Bertz CT molecular complexity index is 666. The zero-order valence-corrected chi connectivity index (χ0v) is 13.8. The van der Waals surface area contributed by atoms with Crippen LogP contribution >= 0.6 is 27.5 Å². The molecule has 1 aliphatic heterocycles. The number of likely N-dealkylation sites (tertiary alicyclic amines) is 1. The fourth-order valence-electron chi connectivity index (χ4n) is 4.21. The van der Waals surface area contributed by atoms with Gasteiger partial charge in [0.25, 0.3) is 0 Å². The number of nitrogens with one attached hydrogen (secondary N) is 1. The first-order valence-corrected chi connectivity index (χ1v) is 8.74. The van der Waals surface area contributed by atoms with E-state index in [0.29, 0.717) is 12.0 Å². The van der Waals surface area contributed by atoms with Crippen LogP contribution in [0.1, 0.15) is 23.5 Å². The molecule has 2 aliphatic rings. The summed E-state index contributed by atoms with van der Waals surface area (Å²) in [6.45, 7) is 1.18. The average Bonchev–Trinajstić information content (AvgIpc) is 2.77. The van der Waals surface area contributed by atoms with Crippen molar-refractivity contribution in [2.75, 3.05) is 18.9 Å². The Labute approximate surface area is 132 Å². The number of halogens is 2. The lowest BCUT2D eigenvalue weighted by atomic mass is 9.73. The minimum Gasteiger partial charge on any atom is -0.345 e. The van der Waals surface area contributed by atoms with Crippen LogP contribution in [0.5, 0.6) is 0 Å². The van der Waals surface area contributed by atoms with E-state index >= 15 is 0 Å². The molecule has 0 saturated carbocycles. The monoisotopic (exact) mass is 352 g/mol. The van der Waals surface area contributed by atoms with Gasteiger partial charge < -0.3 is 9.88 Å². The largest absolute Gasteiger partial charge is 0.345 e. The van der Waals surface area contributed by atoms with E-state index in [1.807, 2.05) is 0 Å². The summed E-state index contributed by atoms with van der Waals surface area (Å²) >= 11 is 10.1. The van der Waals surface area contributed by atoms with Crippen molar-refractivity contribution in [1.82, 2.24) is 9.88 Å². The second-order valence-corrected chi connectivity index (χ2v) is 7.29. The summed E-state index contributed by atoms with van der Waals surface area (Å²) in [4.78, 5) is 5.88. The number of aromatic nitrogens is 1. The zero-order valence-electron chi connectivity index (χ0n) is 11.5. The van der Waals surface area contributed by atoms with Crippen LogP contribution in [0, 0.1) is 5.92 Å². The van der Waals surface area contributed by atoms with Crippen molar-refractivity contribution in [2.45, 2.75) is 24.8 Å². The maximum absolute atomic E-state index is 6.43. The second-order valence-electron chi connectivity index (χ2n) is 6.26. The first-order chi connectivity index (χ1) is 9.69. The summed E-state index contributed by atoms with van der Waals surface area (Å²) in [5.41, 5.74) is 4.02. The molecule has 2 heterocycles. The fourth-order valence-corrected chi connectivity index (χ4v) is 4.95. The zero-order chi connectivity index (χ0) is 13.9. The summed E-state index contributed by atoms with van der Waals surface area (Å²) in [5.74, 6) is 1.38. The van der Waals surface area contributed by atoms with Gasteiger partial charge in [0.05, 0.1) is 0 Å². The molecule has 4 rings (SSSR count).